The van der Waals surface area contributed by atoms with Gasteiger partial charge in [0.2, 0.25) is 5.91 Å². The minimum absolute atomic E-state index is 0.0832. The molecule has 0 aromatic heterocycles. The molecule has 1 amide bonds. The van der Waals surface area contributed by atoms with Crippen LogP contribution in [0.2, 0.25) is 0 Å². The summed E-state index contributed by atoms with van der Waals surface area (Å²) >= 11 is 0. The molecule has 2 N–H and O–H groups in total. The van der Waals surface area contributed by atoms with Crippen LogP contribution in [0.5, 0.6) is 0 Å². The van der Waals surface area contributed by atoms with Crippen molar-refractivity contribution in [2.24, 2.45) is 0 Å². The number of esters is 1. The van der Waals surface area contributed by atoms with Gasteiger partial charge in [-0.25, -0.2) is 13.6 Å². The minimum Gasteiger partial charge on any atom is -0.480 e. The largest absolute Gasteiger partial charge is 0.480 e. The van der Waals surface area contributed by atoms with Crippen LogP contribution in [0.15, 0.2) is 18.2 Å². The molecule has 0 radical (unpaired) electrons. The molecule has 0 aliphatic carbocycles. The third kappa shape index (κ3) is 5.47. The highest BCUT2D eigenvalue weighted by Crippen LogP contribution is 2.10. The van der Waals surface area contributed by atoms with E-state index in [1.165, 1.54) is 0 Å². The first kappa shape index (κ1) is 17.5. The van der Waals surface area contributed by atoms with E-state index in [0.717, 1.165) is 12.1 Å². The van der Waals surface area contributed by atoms with Crippen molar-refractivity contribution in [2.75, 3.05) is 6.61 Å². The van der Waals surface area contributed by atoms with Crippen LogP contribution < -0.4 is 5.32 Å². The van der Waals surface area contributed by atoms with Gasteiger partial charge in [-0.1, -0.05) is 6.07 Å². The summed E-state index contributed by atoms with van der Waals surface area (Å²) in [5.74, 6) is -4.69. The molecule has 8 heteroatoms. The first-order valence-corrected chi connectivity index (χ1v) is 6.45. The van der Waals surface area contributed by atoms with Crippen LogP contribution >= 0.6 is 0 Å². The lowest BCUT2D eigenvalue weighted by Gasteiger charge is -2.14. The number of carbonyl (C=O) groups excluding carboxylic acids is 2. The number of rotatable bonds is 7. The second-order valence-electron chi connectivity index (χ2n) is 4.38. The number of carbonyl (C=O) groups is 3. The van der Waals surface area contributed by atoms with E-state index in [-0.39, 0.29) is 12.2 Å². The number of hydrogen-bond acceptors (Lipinski definition) is 4. The van der Waals surface area contributed by atoms with Gasteiger partial charge < -0.3 is 15.2 Å². The summed E-state index contributed by atoms with van der Waals surface area (Å²) in [5, 5.41) is 11.0. The summed E-state index contributed by atoms with van der Waals surface area (Å²) in [7, 11) is 0. The molecule has 22 heavy (non-hydrogen) atoms. The molecule has 1 aromatic rings. The normalized spacial score (nSPS) is 11.6. The summed E-state index contributed by atoms with van der Waals surface area (Å²) in [4.78, 5) is 34.0. The van der Waals surface area contributed by atoms with Gasteiger partial charge >= 0.3 is 11.9 Å². The molecular weight excluding hydrogens is 300 g/mol. The Hall–Kier alpha value is -2.51. The predicted octanol–water partition coefficient (Wildman–Crippen LogP) is 1.03. The van der Waals surface area contributed by atoms with E-state index < -0.39 is 48.4 Å². The predicted molar refractivity (Wildman–Crippen MR) is 70.9 cm³/mol. The zero-order valence-electron chi connectivity index (χ0n) is 11.8. The molecule has 0 spiro atoms. The molecule has 120 valence electrons. The number of carboxylic acids is 1. The highest BCUT2D eigenvalue weighted by molar-refractivity contribution is 5.88. The highest BCUT2D eigenvalue weighted by atomic mass is 19.1. The Morgan fingerprint density at radius 2 is 2.00 bits per heavy atom. The van der Waals surface area contributed by atoms with Gasteiger partial charge in [0.25, 0.3) is 0 Å². The monoisotopic (exact) mass is 315 g/mol. The van der Waals surface area contributed by atoms with E-state index in [1.807, 2.05) is 0 Å². The second-order valence-corrected chi connectivity index (χ2v) is 4.38. The lowest BCUT2D eigenvalue weighted by molar-refractivity contribution is -0.150. The van der Waals surface area contributed by atoms with E-state index in [0.29, 0.717) is 6.07 Å². The van der Waals surface area contributed by atoms with Gasteiger partial charge in [-0.05, 0) is 18.6 Å². The van der Waals surface area contributed by atoms with Gasteiger partial charge in [-0.3, -0.25) is 9.59 Å². The molecule has 0 saturated heterocycles. The Kier molecular flexibility index (Phi) is 6.43. The van der Waals surface area contributed by atoms with Gasteiger partial charge in [-0.15, -0.1) is 0 Å². The Bertz CT molecular complexity index is 576. The van der Waals surface area contributed by atoms with Crippen molar-refractivity contribution in [3.63, 3.8) is 0 Å². The number of aliphatic carboxylic acids is 1. The lowest BCUT2D eigenvalue weighted by atomic mass is 10.1. The van der Waals surface area contributed by atoms with Crippen molar-refractivity contribution < 1.29 is 33.0 Å². The fraction of sp³-hybridized carbons (Fsp3) is 0.357. The zero-order chi connectivity index (χ0) is 16.7. The minimum atomic E-state index is -1.48. The van der Waals surface area contributed by atoms with Crippen molar-refractivity contribution in [3.8, 4) is 0 Å². The quantitative estimate of drug-likeness (QED) is 0.733. The molecule has 0 aliphatic rings. The fourth-order valence-electron chi connectivity index (χ4n) is 1.67. The molecular formula is C14H15F2NO5. The maximum atomic E-state index is 13.4. The number of ether oxygens (including phenoxy) is 1. The first-order chi connectivity index (χ1) is 10.3. The van der Waals surface area contributed by atoms with E-state index >= 15 is 0 Å². The lowest BCUT2D eigenvalue weighted by Crippen LogP contribution is -2.43. The van der Waals surface area contributed by atoms with Crippen LogP contribution in [-0.4, -0.2) is 35.6 Å². The number of halogens is 2. The molecule has 1 aromatic carbocycles. The number of amides is 1. The zero-order valence-corrected chi connectivity index (χ0v) is 11.8. The molecule has 1 rings (SSSR count). The molecule has 0 unspecified atom stereocenters. The Morgan fingerprint density at radius 1 is 1.32 bits per heavy atom. The van der Waals surface area contributed by atoms with Gasteiger partial charge in [0.05, 0.1) is 19.4 Å². The summed E-state index contributed by atoms with van der Waals surface area (Å²) in [6, 6.07) is 1.22. The maximum Gasteiger partial charge on any atom is 0.326 e. The Morgan fingerprint density at radius 3 is 2.55 bits per heavy atom. The van der Waals surface area contributed by atoms with Crippen LogP contribution in [0.3, 0.4) is 0 Å². The Labute approximate surface area is 125 Å². The van der Waals surface area contributed by atoms with Crippen LogP contribution in [0, 0.1) is 11.6 Å². The topological polar surface area (TPSA) is 92.7 Å². The van der Waals surface area contributed by atoms with Gasteiger partial charge in [0, 0.05) is 6.07 Å². The van der Waals surface area contributed by atoms with Crippen LogP contribution in [0.1, 0.15) is 18.9 Å². The van der Waals surface area contributed by atoms with Crippen molar-refractivity contribution in [3.05, 3.63) is 35.4 Å². The molecule has 0 saturated carbocycles. The van der Waals surface area contributed by atoms with Crippen molar-refractivity contribution in [1.29, 1.82) is 0 Å². The van der Waals surface area contributed by atoms with Gasteiger partial charge in [0.1, 0.15) is 17.7 Å². The van der Waals surface area contributed by atoms with Crippen LogP contribution in [0.4, 0.5) is 8.78 Å². The molecule has 0 aliphatic heterocycles. The maximum absolute atomic E-state index is 13.4. The van der Waals surface area contributed by atoms with Gasteiger partial charge in [0.15, 0.2) is 0 Å². The molecule has 0 fully saturated rings. The smallest absolute Gasteiger partial charge is 0.326 e. The third-order valence-corrected chi connectivity index (χ3v) is 2.68. The van der Waals surface area contributed by atoms with Crippen LogP contribution in [0.25, 0.3) is 0 Å². The van der Waals surface area contributed by atoms with Crippen molar-refractivity contribution in [1.82, 2.24) is 5.32 Å². The third-order valence-electron chi connectivity index (χ3n) is 2.68. The number of benzene rings is 1. The molecule has 0 bridgehead atoms. The van der Waals surface area contributed by atoms with E-state index in [9.17, 15) is 23.2 Å². The summed E-state index contributed by atoms with van der Waals surface area (Å²) in [6.07, 6.45) is -1.01. The number of carboxylic acid groups (broad SMARTS) is 1. The van der Waals surface area contributed by atoms with E-state index in [1.54, 1.807) is 6.92 Å². The standard InChI is InChI=1S/C14H15F2NO5/c1-2-22-13(19)7-11(14(20)21)17-12(18)5-8-3-4-9(15)6-10(8)16/h3-4,6,11H,2,5,7H2,1H3,(H,17,18)(H,20,21)/t11-/m1/s1. The van der Waals surface area contributed by atoms with E-state index in [2.05, 4.69) is 10.1 Å². The van der Waals surface area contributed by atoms with Crippen LogP contribution in [-0.2, 0) is 25.5 Å². The summed E-state index contributed by atoms with van der Waals surface area (Å²) in [6.45, 7) is 1.64. The fourth-order valence-corrected chi connectivity index (χ4v) is 1.67. The number of hydrogen-bond donors (Lipinski definition) is 2. The SMILES string of the molecule is CCOC(=O)C[C@@H](NC(=O)Cc1ccc(F)cc1F)C(=O)O. The molecule has 6 nitrogen and oxygen atoms in total. The average molecular weight is 315 g/mol. The molecule has 1 atom stereocenters. The van der Waals surface area contributed by atoms with Crippen molar-refractivity contribution >= 4 is 17.8 Å². The molecule has 0 heterocycles. The summed E-state index contributed by atoms with van der Waals surface area (Å²) < 4.78 is 30.8. The average Bonchev–Trinajstić information content (AvgIpc) is 2.41. The second kappa shape index (κ2) is 8.06. The summed E-state index contributed by atoms with van der Waals surface area (Å²) in [5.41, 5.74) is -0.0841. The van der Waals surface area contributed by atoms with Gasteiger partial charge in [-0.2, -0.15) is 0 Å². The first-order valence-electron chi connectivity index (χ1n) is 6.45. The van der Waals surface area contributed by atoms with E-state index in [4.69, 9.17) is 5.11 Å². The van der Waals surface area contributed by atoms with Crippen molar-refractivity contribution in [2.45, 2.75) is 25.8 Å². The number of nitrogens with one attached hydrogen (secondary N) is 1. The highest BCUT2D eigenvalue weighted by Gasteiger charge is 2.24. The Balaban J connectivity index is 2.67.